The van der Waals surface area contributed by atoms with Crippen LogP contribution in [-0.4, -0.2) is 11.0 Å². The van der Waals surface area contributed by atoms with Crippen molar-refractivity contribution in [3.05, 3.63) is 41.7 Å². The minimum atomic E-state index is 0.0421. The zero-order chi connectivity index (χ0) is 9.97. The summed E-state index contributed by atoms with van der Waals surface area (Å²) in [5, 5.41) is 11.4. The molecule has 0 atom stereocenters. The van der Waals surface area contributed by atoms with Crippen LogP contribution in [0, 0.1) is 0 Å². The van der Waals surface area contributed by atoms with Gasteiger partial charge in [-0.15, -0.1) is 0 Å². The molecular formula is C11H11NO2. The summed E-state index contributed by atoms with van der Waals surface area (Å²) in [7, 11) is 0. The Morgan fingerprint density at radius 3 is 3.14 bits per heavy atom. The molecule has 0 saturated heterocycles. The molecule has 0 aromatic heterocycles. The van der Waals surface area contributed by atoms with E-state index in [1.54, 1.807) is 6.08 Å². The Balaban J connectivity index is 2.34. The van der Waals surface area contributed by atoms with Crippen LogP contribution in [0.4, 0.5) is 5.69 Å². The molecule has 0 aliphatic carbocycles. The predicted molar refractivity (Wildman–Crippen MR) is 54.2 cm³/mol. The lowest BCUT2D eigenvalue weighted by molar-refractivity contribution is -0.115. The number of carbonyl (C=O) groups excluding carboxylic acids is 1. The quantitative estimate of drug-likeness (QED) is 0.697. The number of hydrogen-bond acceptors (Lipinski definition) is 2. The van der Waals surface area contributed by atoms with Gasteiger partial charge in [0.2, 0.25) is 5.91 Å². The largest absolute Gasteiger partial charge is 0.516 e. The Kier molecular flexibility index (Phi) is 2.23. The van der Waals surface area contributed by atoms with Gasteiger partial charge in [0.05, 0.1) is 12.7 Å². The van der Waals surface area contributed by atoms with E-state index in [1.165, 1.54) is 0 Å². The smallest absolute Gasteiger partial charge is 0.228 e. The van der Waals surface area contributed by atoms with E-state index < -0.39 is 0 Å². The highest BCUT2D eigenvalue weighted by atomic mass is 16.2. The average molecular weight is 189 g/mol. The van der Waals surface area contributed by atoms with Gasteiger partial charge in [-0.05, 0) is 29.7 Å². The first kappa shape index (κ1) is 8.81. The fourth-order valence-electron chi connectivity index (χ4n) is 1.69. The van der Waals surface area contributed by atoms with Crippen molar-refractivity contribution in [2.45, 2.75) is 12.8 Å². The Hall–Kier alpha value is -1.77. The minimum absolute atomic E-state index is 0.0421. The van der Waals surface area contributed by atoms with Gasteiger partial charge < -0.3 is 10.4 Å². The summed E-state index contributed by atoms with van der Waals surface area (Å²) in [4.78, 5) is 11.1. The summed E-state index contributed by atoms with van der Waals surface area (Å²) in [5.41, 5.74) is 3.04. The Labute approximate surface area is 82.1 Å². The van der Waals surface area contributed by atoms with Gasteiger partial charge in [-0.2, -0.15) is 0 Å². The van der Waals surface area contributed by atoms with Crippen LogP contribution in [0.1, 0.15) is 11.1 Å². The van der Waals surface area contributed by atoms with Crippen molar-refractivity contribution in [2.75, 3.05) is 5.32 Å². The van der Waals surface area contributed by atoms with E-state index in [2.05, 4.69) is 5.32 Å². The zero-order valence-electron chi connectivity index (χ0n) is 7.66. The van der Waals surface area contributed by atoms with Crippen molar-refractivity contribution in [1.82, 2.24) is 0 Å². The molecule has 0 radical (unpaired) electrons. The third kappa shape index (κ3) is 1.48. The van der Waals surface area contributed by atoms with Crippen LogP contribution in [0.25, 0.3) is 0 Å². The summed E-state index contributed by atoms with van der Waals surface area (Å²) >= 11 is 0. The Morgan fingerprint density at radius 2 is 2.36 bits per heavy atom. The van der Waals surface area contributed by atoms with Gasteiger partial charge in [0, 0.05) is 5.69 Å². The highest BCUT2D eigenvalue weighted by Crippen LogP contribution is 2.26. The summed E-state index contributed by atoms with van der Waals surface area (Å²) < 4.78 is 0. The van der Waals surface area contributed by atoms with E-state index in [1.807, 2.05) is 18.2 Å². The number of hydrogen-bond donors (Lipinski definition) is 2. The van der Waals surface area contributed by atoms with E-state index in [-0.39, 0.29) is 5.91 Å². The molecule has 1 amide bonds. The normalized spacial score (nSPS) is 14.4. The van der Waals surface area contributed by atoms with Gasteiger partial charge in [-0.25, -0.2) is 0 Å². The number of rotatable bonds is 2. The molecule has 1 aromatic rings. The Morgan fingerprint density at radius 1 is 1.50 bits per heavy atom. The first-order valence-corrected chi connectivity index (χ1v) is 4.51. The molecule has 0 unspecified atom stereocenters. The number of fused-ring (bicyclic) bond motifs is 1. The monoisotopic (exact) mass is 189 g/mol. The molecule has 3 nitrogen and oxygen atoms in total. The fraction of sp³-hybridized carbons (Fsp3) is 0.182. The maximum atomic E-state index is 11.1. The zero-order valence-corrected chi connectivity index (χ0v) is 7.66. The Bertz CT molecular complexity index is 396. The van der Waals surface area contributed by atoms with Crippen LogP contribution in [0.3, 0.4) is 0 Å². The van der Waals surface area contributed by atoms with Crippen molar-refractivity contribution >= 4 is 11.6 Å². The van der Waals surface area contributed by atoms with Gasteiger partial charge >= 0.3 is 0 Å². The molecule has 0 saturated carbocycles. The third-order valence-corrected chi connectivity index (χ3v) is 2.33. The van der Waals surface area contributed by atoms with Crippen molar-refractivity contribution < 1.29 is 9.90 Å². The van der Waals surface area contributed by atoms with Crippen LogP contribution in [0.15, 0.2) is 30.5 Å². The molecular weight excluding hydrogens is 178 g/mol. The number of aliphatic hydroxyl groups is 1. The van der Waals surface area contributed by atoms with Crippen molar-refractivity contribution in [2.24, 2.45) is 0 Å². The van der Waals surface area contributed by atoms with Crippen LogP contribution in [0.5, 0.6) is 0 Å². The second-order valence-corrected chi connectivity index (χ2v) is 3.26. The predicted octanol–water partition coefficient (Wildman–Crippen LogP) is 1.80. The fourth-order valence-corrected chi connectivity index (χ4v) is 1.69. The summed E-state index contributed by atoms with van der Waals surface area (Å²) in [6, 6.07) is 5.77. The van der Waals surface area contributed by atoms with Gasteiger partial charge in [-0.1, -0.05) is 12.1 Å². The molecule has 1 aliphatic rings. The number of allylic oxidation sites excluding steroid dienone is 1. The van der Waals surface area contributed by atoms with Crippen molar-refractivity contribution in [3.8, 4) is 0 Å². The molecule has 72 valence electrons. The number of carbonyl (C=O) groups is 1. The standard InChI is InChI=1S/C11H11NO2/c13-6-2-4-8-3-1-5-10-9(8)7-11(14)12-10/h1-3,5-6,13H,4,7H2,(H,12,14). The maximum absolute atomic E-state index is 11.1. The SMILES string of the molecule is O=C1Cc2c(CC=CO)cccc2N1. The molecule has 0 spiro atoms. The van der Waals surface area contributed by atoms with Gasteiger partial charge in [0.15, 0.2) is 0 Å². The van der Waals surface area contributed by atoms with Gasteiger partial charge in [0.25, 0.3) is 0 Å². The summed E-state index contributed by atoms with van der Waals surface area (Å²) in [6.45, 7) is 0. The second-order valence-electron chi connectivity index (χ2n) is 3.26. The van der Waals surface area contributed by atoms with Crippen molar-refractivity contribution in [1.29, 1.82) is 0 Å². The molecule has 2 N–H and O–H groups in total. The van der Waals surface area contributed by atoms with E-state index in [0.29, 0.717) is 12.8 Å². The molecule has 14 heavy (non-hydrogen) atoms. The topological polar surface area (TPSA) is 49.3 Å². The van der Waals surface area contributed by atoms with Crippen LogP contribution < -0.4 is 5.32 Å². The molecule has 0 bridgehead atoms. The highest BCUT2D eigenvalue weighted by Gasteiger charge is 2.19. The first-order chi connectivity index (χ1) is 6.81. The maximum Gasteiger partial charge on any atom is 0.228 e. The van der Waals surface area contributed by atoms with Crippen molar-refractivity contribution in [3.63, 3.8) is 0 Å². The highest BCUT2D eigenvalue weighted by molar-refractivity contribution is 5.99. The van der Waals surface area contributed by atoms with E-state index in [9.17, 15) is 4.79 Å². The van der Waals surface area contributed by atoms with Gasteiger partial charge in [0.1, 0.15) is 0 Å². The number of aliphatic hydroxyl groups excluding tert-OH is 1. The number of amides is 1. The average Bonchev–Trinajstić information content (AvgIpc) is 2.55. The summed E-state index contributed by atoms with van der Waals surface area (Å²) in [6.07, 6.45) is 3.81. The third-order valence-electron chi connectivity index (χ3n) is 2.33. The lowest BCUT2D eigenvalue weighted by Crippen LogP contribution is -2.03. The van der Waals surface area contributed by atoms with E-state index in [0.717, 1.165) is 23.1 Å². The first-order valence-electron chi connectivity index (χ1n) is 4.51. The molecule has 0 fully saturated rings. The minimum Gasteiger partial charge on any atom is -0.516 e. The van der Waals surface area contributed by atoms with Crippen LogP contribution in [-0.2, 0) is 17.6 Å². The lowest BCUT2D eigenvalue weighted by Gasteiger charge is -2.03. The van der Waals surface area contributed by atoms with Crippen LogP contribution in [0.2, 0.25) is 0 Å². The van der Waals surface area contributed by atoms with Crippen LogP contribution >= 0.6 is 0 Å². The molecule has 1 aliphatic heterocycles. The molecule has 3 heteroatoms. The molecule has 1 aromatic carbocycles. The number of benzene rings is 1. The molecule has 1 heterocycles. The van der Waals surface area contributed by atoms with E-state index in [4.69, 9.17) is 5.11 Å². The second kappa shape index (κ2) is 3.54. The number of nitrogens with one attached hydrogen (secondary N) is 1. The lowest BCUT2D eigenvalue weighted by atomic mass is 10.0. The number of anilines is 1. The summed E-state index contributed by atoms with van der Waals surface area (Å²) in [5.74, 6) is 0.0421. The van der Waals surface area contributed by atoms with E-state index >= 15 is 0 Å². The molecule has 2 rings (SSSR count). The van der Waals surface area contributed by atoms with Gasteiger partial charge in [-0.3, -0.25) is 4.79 Å².